The maximum atomic E-state index is 12.6. The lowest BCUT2D eigenvalue weighted by atomic mass is 10.1. The molecule has 0 unspecified atom stereocenters. The number of amides is 3. The van der Waals surface area contributed by atoms with Crippen LogP contribution < -0.4 is 5.32 Å². The fourth-order valence-electron chi connectivity index (χ4n) is 2.83. The van der Waals surface area contributed by atoms with Crippen LogP contribution in [0.25, 0.3) is 0 Å². The highest BCUT2D eigenvalue weighted by Crippen LogP contribution is 2.18. The van der Waals surface area contributed by atoms with Crippen molar-refractivity contribution in [2.75, 3.05) is 31.5 Å². The van der Waals surface area contributed by atoms with E-state index in [1.807, 2.05) is 0 Å². The standard InChI is InChI=1S/C17H19ClN4O3/c1-11-15(12(2)25-20-11)16(23)21-6-8-22(9-7-21)17(24)19-14-5-3-4-13(18)10-14/h3-5,10H,6-9H2,1-2H3,(H,19,24). The van der Waals surface area contributed by atoms with Gasteiger partial charge in [-0.15, -0.1) is 0 Å². The van der Waals surface area contributed by atoms with E-state index in [1.54, 1.807) is 47.9 Å². The number of aromatic nitrogens is 1. The molecule has 1 aromatic heterocycles. The molecule has 3 rings (SSSR count). The fraction of sp³-hybridized carbons (Fsp3) is 0.353. The van der Waals surface area contributed by atoms with Gasteiger partial charge in [-0.3, -0.25) is 4.79 Å². The van der Waals surface area contributed by atoms with E-state index in [-0.39, 0.29) is 11.9 Å². The third kappa shape index (κ3) is 3.76. The predicted octanol–water partition coefficient (Wildman–Crippen LogP) is 2.93. The lowest BCUT2D eigenvalue weighted by Crippen LogP contribution is -2.51. The number of anilines is 1. The molecule has 1 saturated heterocycles. The predicted molar refractivity (Wildman–Crippen MR) is 93.9 cm³/mol. The topological polar surface area (TPSA) is 78.7 Å². The van der Waals surface area contributed by atoms with Crippen LogP contribution in [0.3, 0.4) is 0 Å². The summed E-state index contributed by atoms with van der Waals surface area (Å²) in [6.07, 6.45) is 0. The van der Waals surface area contributed by atoms with Gasteiger partial charge in [0.2, 0.25) is 0 Å². The van der Waals surface area contributed by atoms with Crippen molar-refractivity contribution in [1.29, 1.82) is 0 Å². The van der Waals surface area contributed by atoms with Gasteiger partial charge in [0.1, 0.15) is 11.3 Å². The van der Waals surface area contributed by atoms with Crippen molar-refractivity contribution in [2.24, 2.45) is 0 Å². The number of nitrogens with one attached hydrogen (secondary N) is 1. The smallest absolute Gasteiger partial charge is 0.321 e. The minimum absolute atomic E-state index is 0.105. The summed E-state index contributed by atoms with van der Waals surface area (Å²) in [5.41, 5.74) is 1.74. The second-order valence-electron chi connectivity index (χ2n) is 5.92. The minimum atomic E-state index is -0.202. The van der Waals surface area contributed by atoms with E-state index < -0.39 is 0 Å². The van der Waals surface area contributed by atoms with Gasteiger partial charge in [-0.25, -0.2) is 4.79 Å². The van der Waals surface area contributed by atoms with Crippen LogP contribution in [0.1, 0.15) is 21.8 Å². The van der Waals surface area contributed by atoms with E-state index in [2.05, 4.69) is 10.5 Å². The van der Waals surface area contributed by atoms with Crippen LogP contribution in [0.5, 0.6) is 0 Å². The molecule has 2 aromatic rings. The molecule has 2 heterocycles. The molecule has 1 N–H and O–H groups in total. The minimum Gasteiger partial charge on any atom is -0.361 e. The summed E-state index contributed by atoms with van der Waals surface area (Å²) in [7, 11) is 0. The zero-order chi connectivity index (χ0) is 18.0. The number of carbonyl (C=O) groups is 2. The first-order chi connectivity index (χ1) is 12.0. The Kier molecular flexibility index (Phi) is 4.94. The van der Waals surface area contributed by atoms with Gasteiger partial charge in [-0.2, -0.15) is 0 Å². The average molecular weight is 363 g/mol. The van der Waals surface area contributed by atoms with Crippen LogP contribution >= 0.6 is 11.6 Å². The second-order valence-corrected chi connectivity index (χ2v) is 6.36. The van der Waals surface area contributed by atoms with Gasteiger partial charge < -0.3 is 19.6 Å². The molecule has 0 saturated carbocycles. The summed E-state index contributed by atoms with van der Waals surface area (Å²) in [6, 6.07) is 6.79. The van der Waals surface area contributed by atoms with E-state index in [0.29, 0.717) is 53.9 Å². The van der Waals surface area contributed by atoms with Crippen LogP contribution in [0, 0.1) is 13.8 Å². The van der Waals surface area contributed by atoms with Gasteiger partial charge in [0.25, 0.3) is 5.91 Å². The lowest BCUT2D eigenvalue weighted by Gasteiger charge is -2.34. The quantitative estimate of drug-likeness (QED) is 0.890. The first-order valence-electron chi connectivity index (χ1n) is 7.99. The Balaban J connectivity index is 1.58. The third-order valence-electron chi connectivity index (χ3n) is 4.18. The molecule has 1 fully saturated rings. The summed E-state index contributed by atoms with van der Waals surface area (Å²) < 4.78 is 5.06. The van der Waals surface area contributed by atoms with Crippen molar-refractivity contribution in [3.05, 3.63) is 46.3 Å². The highest BCUT2D eigenvalue weighted by Gasteiger charge is 2.28. The molecule has 0 aliphatic carbocycles. The van der Waals surface area contributed by atoms with Crippen LogP contribution in [0.4, 0.5) is 10.5 Å². The summed E-state index contributed by atoms with van der Waals surface area (Å²) >= 11 is 5.92. The van der Waals surface area contributed by atoms with Gasteiger partial charge >= 0.3 is 6.03 Å². The Morgan fingerprint density at radius 1 is 1.16 bits per heavy atom. The number of benzene rings is 1. The van der Waals surface area contributed by atoms with E-state index in [9.17, 15) is 9.59 Å². The lowest BCUT2D eigenvalue weighted by molar-refractivity contribution is 0.0669. The molecule has 1 aliphatic heterocycles. The zero-order valence-electron chi connectivity index (χ0n) is 14.1. The normalized spacial score (nSPS) is 14.5. The molecule has 0 bridgehead atoms. The fourth-order valence-corrected chi connectivity index (χ4v) is 3.02. The van der Waals surface area contributed by atoms with Gasteiger partial charge in [-0.05, 0) is 32.0 Å². The largest absolute Gasteiger partial charge is 0.361 e. The number of hydrogen-bond donors (Lipinski definition) is 1. The van der Waals surface area contributed by atoms with Crippen molar-refractivity contribution >= 4 is 29.2 Å². The van der Waals surface area contributed by atoms with Crippen molar-refractivity contribution in [2.45, 2.75) is 13.8 Å². The van der Waals surface area contributed by atoms with Gasteiger partial charge in [0, 0.05) is 36.9 Å². The summed E-state index contributed by atoms with van der Waals surface area (Å²) in [5.74, 6) is 0.412. The summed E-state index contributed by atoms with van der Waals surface area (Å²) in [5, 5.41) is 7.20. The van der Waals surface area contributed by atoms with Crippen molar-refractivity contribution in [3.63, 3.8) is 0 Å². The molecule has 3 amide bonds. The number of piperazine rings is 1. The molecule has 0 radical (unpaired) electrons. The average Bonchev–Trinajstić information content (AvgIpc) is 2.93. The van der Waals surface area contributed by atoms with E-state index in [0.717, 1.165) is 0 Å². The molecule has 25 heavy (non-hydrogen) atoms. The number of carbonyl (C=O) groups excluding carboxylic acids is 2. The first-order valence-corrected chi connectivity index (χ1v) is 8.37. The number of aryl methyl sites for hydroxylation is 2. The maximum Gasteiger partial charge on any atom is 0.321 e. The van der Waals surface area contributed by atoms with Crippen LogP contribution in [0.2, 0.25) is 5.02 Å². The summed E-state index contributed by atoms with van der Waals surface area (Å²) in [4.78, 5) is 28.3. The molecule has 7 nitrogen and oxygen atoms in total. The Morgan fingerprint density at radius 3 is 2.44 bits per heavy atom. The Morgan fingerprint density at radius 2 is 1.84 bits per heavy atom. The van der Waals surface area contributed by atoms with Crippen molar-refractivity contribution < 1.29 is 14.1 Å². The summed E-state index contributed by atoms with van der Waals surface area (Å²) in [6.45, 7) is 5.32. The first kappa shape index (κ1) is 17.3. The van der Waals surface area contributed by atoms with E-state index >= 15 is 0 Å². The van der Waals surface area contributed by atoms with E-state index in [1.165, 1.54) is 0 Å². The monoisotopic (exact) mass is 362 g/mol. The molecule has 132 valence electrons. The molecular weight excluding hydrogens is 344 g/mol. The van der Waals surface area contributed by atoms with Gasteiger partial charge in [0.05, 0.1) is 5.69 Å². The molecule has 1 aliphatic rings. The SMILES string of the molecule is Cc1noc(C)c1C(=O)N1CCN(C(=O)Nc2cccc(Cl)c2)CC1. The zero-order valence-corrected chi connectivity index (χ0v) is 14.8. The van der Waals surface area contributed by atoms with Crippen LogP contribution in [-0.4, -0.2) is 53.1 Å². The molecule has 0 atom stereocenters. The Labute approximate surface area is 150 Å². The highest BCUT2D eigenvalue weighted by molar-refractivity contribution is 6.30. The van der Waals surface area contributed by atoms with Gasteiger partial charge in [-0.1, -0.05) is 22.8 Å². The molecule has 8 heteroatoms. The highest BCUT2D eigenvalue weighted by atomic mass is 35.5. The van der Waals surface area contributed by atoms with Crippen molar-refractivity contribution in [3.8, 4) is 0 Å². The molecule has 0 spiro atoms. The third-order valence-corrected chi connectivity index (χ3v) is 4.41. The van der Waals surface area contributed by atoms with Crippen molar-refractivity contribution in [1.82, 2.24) is 15.0 Å². The van der Waals surface area contributed by atoms with Gasteiger partial charge in [0.15, 0.2) is 0 Å². The number of nitrogens with zero attached hydrogens (tertiary/aromatic N) is 3. The number of urea groups is 1. The Bertz CT molecular complexity index is 777. The van der Waals surface area contributed by atoms with E-state index in [4.69, 9.17) is 16.1 Å². The second kappa shape index (κ2) is 7.14. The number of rotatable bonds is 2. The molecular formula is C17H19ClN4O3. The number of halogens is 1. The van der Waals surface area contributed by atoms with Crippen LogP contribution in [-0.2, 0) is 0 Å². The van der Waals surface area contributed by atoms with Crippen LogP contribution in [0.15, 0.2) is 28.8 Å². The Hall–Kier alpha value is -2.54. The maximum absolute atomic E-state index is 12.6. The molecule has 1 aromatic carbocycles. The number of hydrogen-bond acceptors (Lipinski definition) is 4.